The molecule has 40 heavy (non-hydrogen) atoms. The summed E-state index contributed by atoms with van der Waals surface area (Å²) in [6, 6.07) is 5.27. The van der Waals surface area contributed by atoms with Crippen LogP contribution in [0.5, 0.6) is 0 Å². The highest BCUT2D eigenvalue weighted by Gasteiger charge is 2.46. The van der Waals surface area contributed by atoms with Crippen molar-refractivity contribution in [2.45, 2.75) is 69.5 Å². The van der Waals surface area contributed by atoms with E-state index in [9.17, 15) is 29.1 Å². The summed E-state index contributed by atoms with van der Waals surface area (Å²) in [6.07, 6.45) is 2.21. The average molecular weight is 553 g/mol. The van der Waals surface area contributed by atoms with Gasteiger partial charge in [0.2, 0.25) is 24.0 Å². The molecule has 5 amide bonds. The fourth-order valence-electron chi connectivity index (χ4n) is 5.63. The van der Waals surface area contributed by atoms with Gasteiger partial charge in [0.25, 0.3) is 0 Å². The molecule has 1 aromatic heterocycles. The maximum Gasteiger partial charge on any atom is 0.321 e. The summed E-state index contributed by atoms with van der Waals surface area (Å²) in [6.45, 7) is 1.61. The number of esters is 1. The average Bonchev–Trinajstić information content (AvgIpc) is 3.24. The van der Waals surface area contributed by atoms with Gasteiger partial charge in [-0.05, 0) is 24.3 Å². The van der Waals surface area contributed by atoms with Crippen LogP contribution in [0.1, 0.15) is 39.0 Å². The molecule has 5 rings (SSSR count). The monoisotopic (exact) mass is 552 g/mol. The van der Waals surface area contributed by atoms with Gasteiger partial charge in [-0.15, -0.1) is 0 Å². The lowest BCUT2D eigenvalue weighted by atomic mass is 9.93. The fourth-order valence-corrected chi connectivity index (χ4v) is 5.63. The number of amides is 5. The van der Waals surface area contributed by atoms with Gasteiger partial charge in [-0.3, -0.25) is 24.5 Å². The predicted molar refractivity (Wildman–Crippen MR) is 141 cm³/mol. The number of piperazine rings is 1. The van der Waals surface area contributed by atoms with Gasteiger partial charge >= 0.3 is 12.0 Å². The van der Waals surface area contributed by atoms with Crippen LogP contribution in [0.4, 0.5) is 10.6 Å². The first-order valence-electron chi connectivity index (χ1n) is 13.4. The molecule has 1 aromatic carbocycles. The molecule has 13 nitrogen and oxygen atoms in total. The van der Waals surface area contributed by atoms with Crippen molar-refractivity contribution in [3.63, 3.8) is 0 Å². The number of urea groups is 1. The second kappa shape index (κ2) is 11.5. The molecule has 5 atom stereocenters. The van der Waals surface area contributed by atoms with Crippen LogP contribution in [0, 0.1) is 0 Å². The van der Waals surface area contributed by atoms with E-state index < -0.39 is 54.3 Å². The number of ether oxygens (including phenoxy) is 1. The summed E-state index contributed by atoms with van der Waals surface area (Å²) < 4.78 is 4.72. The topological polar surface area (TPSA) is 170 Å². The molecule has 3 aliphatic rings. The van der Waals surface area contributed by atoms with Crippen LogP contribution in [0.15, 0.2) is 36.5 Å². The summed E-state index contributed by atoms with van der Waals surface area (Å²) in [7, 11) is 0. The Kier molecular flexibility index (Phi) is 7.83. The number of carbonyl (C=O) groups excluding carboxylic acids is 5. The van der Waals surface area contributed by atoms with Crippen LogP contribution in [0.25, 0.3) is 10.8 Å². The largest absolute Gasteiger partial charge is 0.434 e. The van der Waals surface area contributed by atoms with E-state index in [0.717, 1.165) is 17.2 Å². The summed E-state index contributed by atoms with van der Waals surface area (Å²) in [5, 5.41) is 19.7. The van der Waals surface area contributed by atoms with E-state index in [1.54, 1.807) is 6.20 Å². The van der Waals surface area contributed by atoms with Crippen molar-refractivity contribution in [1.29, 1.82) is 0 Å². The molecule has 212 valence electrons. The zero-order chi connectivity index (χ0) is 28.4. The second-order valence-corrected chi connectivity index (χ2v) is 10.4. The smallest absolute Gasteiger partial charge is 0.321 e. The quantitative estimate of drug-likeness (QED) is 0.397. The third-order valence-corrected chi connectivity index (χ3v) is 7.66. The van der Waals surface area contributed by atoms with Crippen molar-refractivity contribution < 1.29 is 33.8 Å². The lowest BCUT2D eigenvalue weighted by Crippen LogP contribution is -2.69. The van der Waals surface area contributed by atoms with Crippen LogP contribution >= 0.6 is 0 Å². The third-order valence-electron chi connectivity index (χ3n) is 7.66. The Labute approximate surface area is 230 Å². The molecule has 0 radical (unpaired) electrons. The summed E-state index contributed by atoms with van der Waals surface area (Å²) in [5.74, 6) is -1.58. The van der Waals surface area contributed by atoms with E-state index in [2.05, 4.69) is 20.9 Å². The van der Waals surface area contributed by atoms with E-state index in [4.69, 9.17) is 4.74 Å². The summed E-state index contributed by atoms with van der Waals surface area (Å²) >= 11 is 0. The zero-order valence-corrected chi connectivity index (χ0v) is 22.0. The number of hydrogen-bond acceptors (Lipinski definition) is 8. The molecular weight excluding hydrogens is 520 g/mol. The van der Waals surface area contributed by atoms with E-state index in [-0.39, 0.29) is 25.4 Å². The maximum absolute atomic E-state index is 13.9. The summed E-state index contributed by atoms with van der Waals surface area (Å²) in [5.41, 5.74) is 0. The normalized spacial score (nSPS) is 26.8. The number of nitrogens with one attached hydrogen (secondary N) is 3. The summed E-state index contributed by atoms with van der Waals surface area (Å²) in [4.78, 5) is 71.5. The van der Waals surface area contributed by atoms with Crippen molar-refractivity contribution in [3.8, 4) is 0 Å². The minimum absolute atomic E-state index is 0.0557. The number of carbonyl (C=O) groups is 5. The lowest BCUT2D eigenvalue weighted by Gasteiger charge is -2.48. The zero-order valence-electron chi connectivity index (χ0n) is 22.0. The molecular formula is C27H32N6O7. The molecule has 3 aliphatic heterocycles. The molecule has 0 bridgehead atoms. The first-order chi connectivity index (χ1) is 19.2. The molecule has 2 aromatic rings. The van der Waals surface area contributed by atoms with Gasteiger partial charge in [-0.2, -0.15) is 0 Å². The number of aromatic nitrogens is 1. The Balaban J connectivity index is 1.35. The van der Waals surface area contributed by atoms with Gasteiger partial charge in [0.05, 0.1) is 19.0 Å². The van der Waals surface area contributed by atoms with Crippen LogP contribution < -0.4 is 16.0 Å². The third kappa shape index (κ3) is 5.69. The van der Waals surface area contributed by atoms with E-state index in [0.29, 0.717) is 25.1 Å². The Bertz CT molecular complexity index is 1330. The maximum atomic E-state index is 13.9. The SMILES string of the molecule is CC(=O)N1CC2CCCCC(NC(=O)Nc3nccc4ccccc34)C(=O)N2C(C(=O)NC2CC(=O)OC2O)C1. The van der Waals surface area contributed by atoms with Crippen LogP contribution in [0.3, 0.4) is 0 Å². The number of aliphatic hydroxyl groups is 1. The Hall–Kier alpha value is -4.26. The van der Waals surface area contributed by atoms with Crippen molar-refractivity contribution in [2.75, 3.05) is 18.4 Å². The fraction of sp³-hybridized carbons (Fsp3) is 0.481. The molecule has 4 N–H and O–H groups in total. The standard InChI is InChI=1S/C27H32N6O7/c1-15(34)32-13-17-7-3-5-9-19(30-27(39)31-23-18-8-4-2-6-16(18)10-11-28-23)25(37)33(17)21(14-32)24(36)29-20-12-22(35)40-26(20)38/h2,4,6,8,10-11,17,19-21,26,38H,3,5,7,9,12-14H2,1H3,(H,29,36)(H2,28,30,31,39). The highest BCUT2D eigenvalue weighted by Crippen LogP contribution is 2.27. The van der Waals surface area contributed by atoms with Gasteiger partial charge in [-0.1, -0.05) is 37.1 Å². The number of rotatable bonds is 4. The first-order valence-corrected chi connectivity index (χ1v) is 13.4. The number of nitrogens with zero attached hydrogens (tertiary/aromatic N) is 3. The number of hydrogen-bond donors (Lipinski definition) is 4. The number of pyridine rings is 1. The molecule has 3 fully saturated rings. The van der Waals surface area contributed by atoms with Crippen LogP contribution in [-0.2, 0) is 23.9 Å². The van der Waals surface area contributed by atoms with Crippen molar-refractivity contribution >= 4 is 46.3 Å². The first kappa shape index (κ1) is 27.3. The van der Waals surface area contributed by atoms with Crippen LogP contribution in [-0.4, -0.2) is 93.2 Å². The number of fused-ring (bicyclic) bond motifs is 2. The molecule has 0 aliphatic carbocycles. The molecule has 0 saturated carbocycles. The predicted octanol–water partition coefficient (Wildman–Crippen LogP) is 0.477. The number of benzene rings is 1. The van der Waals surface area contributed by atoms with Gasteiger partial charge < -0.3 is 30.3 Å². The Morgan fingerprint density at radius 2 is 1.82 bits per heavy atom. The molecule has 3 saturated heterocycles. The molecule has 13 heteroatoms. The minimum Gasteiger partial charge on any atom is -0.434 e. The van der Waals surface area contributed by atoms with Gasteiger partial charge in [0.1, 0.15) is 23.9 Å². The van der Waals surface area contributed by atoms with E-state index >= 15 is 0 Å². The van der Waals surface area contributed by atoms with Crippen LogP contribution in [0.2, 0.25) is 0 Å². The van der Waals surface area contributed by atoms with E-state index in [1.807, 2.05) is 30.3 Å². The van der Waals surface area contributed by atoms with Gasteiger partial charge in [-0.25, -0.2) is 9.78 Å². The number of cyclic esters (lactones) is 1. The molecule has 5 unspecified atom stereocenters. The minimum atomic E-state index is -1.50. The van der Waals surface area contributed by atoms with Crippen molar-refractivity contribution in [2.24, 2.45) is 0 Å². The number of anilines is 1. The van der Waals surface area contributed by atoms with Crippen molar-refractivity contribution in [3.05, 3.63) is 36.5 Å². The van der Waals surface area contributed by atoms with Gasteiger partial charge in [0.15, 0.2) is 0 Å². The van der Waals surface area contributed by atoms with Gasteiger partial charge in [0, 0.05) is 25.1 Å². The Morgan fingerprint density at radius 1 is 1.05 bits per heavy atom. The highest BCUT2D eigenvalue weighted by atomic mass is 16.6. The lowest BCUT2D eigenvalue weighted by molar-refractivity contribution is -0.158. The molecule has 4 heterocycles. The number of aliphatic hydroxyl groups excluding tert-OH is 1. The van der Waals surface area contributed by atoms with E-state index in [1.165, 1.54) is 16.7 Å². The van der Waals surface area contributed by atoms with Crippen molar-refractivity contribution in [1.82, 2.24) is 25.4 Å². The molecule has 0 spiro atoms. The highest BCUT2D eigenvalue weighted by molar-refractivity contribution is 6.01. The second-order valence-electron chi connectivity index (χ2n) is 10.4. The Morgan fingerprint density at radius 3 is 2.58 bits per heavy atom.